The van der Waals surface area contributed by atoms with Crippen LogP contribution in [0.3, 0.4) is 0 Å². The molecule has 0 atom stereocenters. The fourth-order valence-corrected chi connectivity index (χ4v) is 10.9. The molecule has 0 unspecified atom stereocenters. The van der Waals surface area contributed by atoms with Crippen molar-refractivity contribution in [2.24, 2.45) is 0 Å². The Morgan fingerprint density at radius 1 is 0.333 bits per heavy atom. The Morgan fingerprint density at radius 2 is 0.720 bits per heavy atom. The first kappa shape index (κ1) is 47.4. The van der Waals surface area contributed by atoms with Gasteiger partial charge < -0.3 is 14.2 Å². The van der Waals surface area contributed by atoms with Crippen LogP contribution in [-0.4, -0.2) is 0 Å². The van der Waals surface area contributed by atoms with Gasteiger partial charge in [-0.05, 0) is 151 Å². The molecule has 75 heavy (non-hydrogen) atoms. The van der Waals surface area contributed by atoms with Crippen LogP contribution in [0.4, 0.5) is 34.1 Å². The van der Waals surface area contributed by atoms with Crippen LogP contribution in [0.2, 0.25) is 0 Å². The Kier molecular flexibility index (Phi) is 12.2. The molecular weight excluding hydrogens is 909 g/mol. The fraction of sp³-hybridized carbons (Fsp3) is 0.139. The van der Waals surface area contributed by atoms with E-state index in [1.54, 1.807) is 0 Å². The number of fused-ring (bicyclic) bond motifs is 5. The predicted molar refractivity (Wildman–Crippen MR) is 321 cm³/mol. The van der Waals surface area contributed by atoms with Crippen molar-refractivity contribution in [1.82, 2.24) is 0 Å². The van der Waals surface area contributed by atoms with Crippen molar-refractivity contribution >= 4 is 77.6 Å². The van der Waals surface area contributed by atoms with Crippen molar-refractivity contribution in [1.29, 1.82) is 0 Å². The van der Waals surface area contributed by atoms with E-state index < -0.39 is 0 Å². The maximum atomic E-state index is 6.91. The van der Waals surface area contributed by atoms with E-state index in [1.165, 1.54) is 38.9 Å². The number of para-hydroxylation sites is 3. The monoisotopic (exact) mass is 970 g/mol. The Labute approximate surface area is 442 Å². The maximum Gasteiger partial charge on any atom is 0.136 e. The summed E-state index contributed by atoms with van der Waals surface area (Å²) in [6, 6.07) is 87.1. The second-order valence-electron chi connectivity index (χ2n) is 21.8. The van der Waals surface area contributed by atoms with Gasteiger partial charge in [-0.2, -0.15) is 0 Å². The average Bonchev–Trinajstić information content (AvgIpc) is 3.78. The lowest BCUT2D eigenvalue weighted by molar-refractivity contribution is 0.590. The van der Waals surface area contributed by atoms with Gasteiger partial charge in [0, 0.05) is 44.5 Å². The molecule has 12 aromatic rings. The number of benzene rings is 11. The molecule has 0 saturated heterocycles. The van der Waals surface area contributed by atoms with Gasteiger partial charge in [-0.15, -0.1) is 0 Å². The van der Waals surface area contributed by atoms with E-state index >= 15 is 0 Å². The summed E-state index contributed by atoms with van der Waals surface area (Å²) in [5.41, 5.74) is 19.4. The van der Waals surface area contributed by atoms with E-state index in [9.17, 15) is 0 Å². The van der Waals surface area contributed by atoms with Gasteiger partial charge in [0.05, 0.1) is 17.1 Å². The van der Waals surface area contributed by atoms with Crippen LogP contribution >= 0.6 is 0 Å². The molecule has 12 rings (SSSR count). The Balaban J connectivity index is 0.975. The van der Waals surface area contributed by atoms with Crippen molar-refractivity contribution in [3.8, 4) is 33.4 Å². The molecule has 11 aromatic carbocycles. The van der Waals surface area contributed by atoms with Gasteiger partial charge in [0.2, 0.25) is 0 Å². The van der Waals surface area contributed by atoms with Crippen molar-refractivity contribution < 1.29 is 4.42 Å². The molecule has 1 heterocycles. The number of nitrogens with zero attached hydrogens (tertiary/aromatic N) is 2. The Morgan fingerprint density at radius 3 is 1.19 bits per heavy atom. The minimum Gasteiger partial charge on any atom is -0.456 e. The highest BCUT2D eigenvalue weighted by molar-refractivity contribution is 6.14. The fourth-order valence-electron chi connectivity index (χ4n) is 10.9. The summed E-state index contributed by atoms with van der Waals surface area (Å²) in [5, 5.41) is 6.76. The molecule has 0 aliphatic carbocycles. The van der Waals surface area contributed by atoms with E-state index in [2.05, 4.69) is 295 Å². The highest BCUT2D eigenvalue weighted by atomic mass is 16.3. The molecular formula is C72H62N2O. The van der Waals surface area contributed by atoms with E-state index in [0.717, 1.165) is 88.7 Å². The second kappa shape index (κ2) is 19.3. The van der Waals surface area contributed by atoms with E-state index in [1.807, 2.05) is 0 Å². The molecule has 0 amide bonds. The Hall–Kier alpha value is -8.66. The predicted octanol–water partition coefficient (Wildman–Crippen LogP) is 21.4. The third-order valence-electron chi connectivity index (χ3n) is 15.2. The summed E-state index contributed by atoms with van der Waals surface area (Å²) in [5.74, 6) is 0.906. The van der Waals surface area contributed by atoms with Gasteiger partial charge in [-0.3, -0.25) is 0 Å². The zero-order valence-electron chi connectivity index (χ0n) is 44.0. The lowest BCUT2D eigenvalue weighted by atomic mass is 9.86. The van der Waals surface area contributed by atoms with Crippen LogP contribution < -0.4 is 9.80 Å². The standard InChI is InChI=1S/C72H62N2O/c1-47(2)49-25-27-52(28-26-49)63-20-11-14-22-67(63)73(59-37-31-50(32-38-59)48(3)4)60-39-33-54-43-65-66-44-55-34-40-61(42-57(55)46-71(66)75-70(65)45-56(54)41-60)74(68-23-15-12-19-62(68)51-17-9-8-10-18-51)69-24-16-13-21-64(69)53-29-35-58(36-30-53)72(5,6)7/h8-48H,1-7H3. The van der Waals surface area contributed by atoms with Gasteiger partial charge in [-0.25, -0.2) is 0 Å². The normalized spacial score (nSPS) is 11.9. The van der Waals surface area contributed by atoms with E-state index in [0.29, 0.717) is 11.8 Å². The first-order chi connectivity index (χ1) is 36.4. The van der Waals surface area contributed by atoms with Gasteiger partial charge in [0.1, 0.15) is 11.2 Å². The molecule has 3 heteroatoms. The van der Waals surface area contributed by atoms with Crippen molar-refractivity contribution in [3.63, 3.8) is 0 Å². The molecule has 366 valence electrons. The quantitative estimate of drug-likeness (QED) is 0.129. The molecule has 0 saturated carbocycles. The van der Waals surface area contributed by atoms with Crippen molar-refractivity contribution in [2.75, 3.05) is 9.80 Å². The van der Waals surface area contributed by atoms with Crippen molar-refractivity contribution in [3.05, 3.63) is 253 Å². The van der Waals surface area contributed by atoms with Crippen LogP contribution in [0.25, 0.3) is 76.9 Å². The zero-order valence-corrected chi connectivity index (χ0v) is 44.0. The van der Waals surface area contributed by atoms with Gasteiger partial charge in [0.15, 0.2) is 0 Å². The zero-order chi connectivity index (χ0) is 51.4. The second-order valence-corrected chi connectivity index (χ2v) is 21.8. The van der Waals surface area contributed by atoms with E-state index in [4.69, 9.17) is 4.42 Å². The molecule has 1 aromatic heterocycles. The number of hydrogen-bond acceptors (Lipinski definition) is 3. The summed E-state index contributed by atoms with van der Waals surface area (Å²) in [7, 11) is 0. The smallest absolute Gasteiger partial charge is 0.136 e. The summed E-state index contributed by atoms with van der Waals surface area (Å²) in [4.78, 5) is 4.84. The lowest BCUT2D eigenvalue weighted by Gasteiger charge is -2.30. The van der Waals surface area contributed by atoms with Gasteiger partial charge >= 0.3 is 0 Å². The third kappa shape index (κ3) is 9.03. The minimum atomic E-state index is 0.0590. The molecule has 3 nitrogen and oxygen atoms in total. The van der Waals surface area contributed by atoms with Gasteiger partial charge in [0.25, 0.3) is 0 Å². The largest absolute Gasteiger partial charge is 0.456 e. The number of furan rings is 1. The van der Waals surface area contributed by atoms with E-state index in [-0.39, 0.29) is 5.41 Å². The molecule has 0 bridgehead atoms. The molecule has 0 N–H and O–H groups in total. The van der Waals surface area contributed by atoms with Crippen LogP contribution in [-0.2, 0) is 5.41 Å². The Bertz CT molecular complexity index is 4030. The maximum absolute atomic E-state index is 6.91. The summed E-state index contributed by atoms with van der Waals surface area (Å²) < 4.78 is 6.91. The molecule has 0 aliphatic rings. The highest BCUT2D eigenvalue weighted by Gasteiger charge is 2.23. The topological polar surface area (TPSA) is 19.6 Å². The first-order valence-corrected chi connectivity index (χ1v) is 26.5. The molecule has 0 spiro atoms. The molecule has 0 fully saturated rings. The number of hydrogen-bond donors (Lipinski definition) is 0. The highest BCUT2D eigenvalue weighted by Crippen LogP contribution is 2.47. The van der Waals surface area contributed by atoms with Crippen LogP contribution in [0.1, 0.15) is 77.0 Å². The summed E-state index contributed by atoms with van der Waals surface area (Å²) >= 11 is 0. The SMILES string of the molecule is CC(C)c1ccc(-c2ccccc2N(c2ccc(C(C)C)cc2)c2ccc3cc4c(cc3c2)oc2cc3cc(N(c5ccccc5-c5ccccc5)c5ccccc5-c5ccc(C(C)(C)C)cc5)ccc3cc24)cc1. The lowest BCUT2D eigenvalue weighted by Crippen LogP contribution is -2.13. The number of anilines is 6. The van der Waals surface area contributed by atoms with Crippen LogP contribution in [0, 0.1) is 0 Å². The number of rotatable bonds is 11. The first-order valence-electron chi connectivity index (χ1n) is 26.5. The van der Waals surface area contributed by atoms with Crippen molar-refractivity contribution in [2.45, 2.75) is 65.7 Å². The average molecular weight is 971 g/mol. The summed E-state index contributed by atoms with van der Waals surface area (Å²) in [6.07, 6.45) is 0. The van der Waals surface area contributed by atoms with Crippen LogP contribution in [0.5, 0.6) is 0 Å². The molecule has 0 radical (unpaired) electrons. The molecule has 0 aliphatic heterocycles. The summed E-state index contributed by atoms with van der Waals surface area (Å²) in [6.45, 7) is 15.8. The van der Waals surface area contributed by atoms with Crippen LogP contribution in [0.15, 0.2) is 241 Å². The van der Waals surface area contributed by atoms with Gasteiger partial charge in [-0.1, -0.05) is 206 Å². The minimum absolute atomic E-state index is 0.0590. The third-order valence-corrected chi connectivity index (χ3v) is 15.2.